The van der Waals surface area contributed by atoms with Crippen LogP contribution in [0.3, 0.4) is 0 Å². The van der Waals surface area contributed by atoms with Crippen LogP contribution in [0.4, 0.5) is 11.5 Å². The normalized spacial score (nSPS) is 12.6. The standard InChI is InChI=1S/C30H27N5O4S/c1-34(2)40(37,38)27-13-8-23-18-35(19-24(23)16-27)29-28(7-4-14-32-29)30(36)33-25-9-11-26(12-10-25)39-20-22-6-3-5-21(15-22)17-31/h3-16H,18-20H2,1-2H3,(H,33,36). The third kappa shape index (κ3) is 5.66. The Morgan fingerprint density at radius 1 is 1.02 bits per heavy atom. The SMILES string of the molecule is CN(C)S(=O)(=O)c1ccc2c(c1)CN(c1ncccc1C(=O)Nc1ccc(OCc3cccc(C#N)c3)cc1)C2. The van der Waals surface area contributed by atoms with Crippen molar-refractivity contribution < 1.29 is 17.9 Å². The molecule has 1 aliphatic rings. The summed E-state index contributed by atoms with van der Waals surface area (Å²) < 4.78 is 32.2. The molecule has 0 saturated carbocycles. The molecule has 202 valence electrons. The number of nitriles is 1. The summed E-state index contributed by atoms with van der Waals surface area (Å²) in [6.45, 7) is 1.27. The molecule has 0 unspecified atom stereocenters. The lowest BCUT2D eigenvalue weighted by atomic mass is 10.1. The Labute approximate surface area is 233 Å². The molecule has 9 nitrogen and oxygen atoms in total. The smallest absolute Gasteiger partial charge is 0.259 e. The fraction of sp³-hybridized carbons (Fsp3) is 0.167. The van der Waals surface area contributed by atoms with Crippen molar-refractivity contribution in [1.82, 2.24) is 9.29 Å². The van der Waals surface area contributed by atoms with Crippen LogP contribution >= 0.6 is 0 Å². The second-order valence-electron chi connectivity index (χ2n) is 9.53. The van der Waals surface area contributed by atoms with Crippen molar-refractivity contribution in [3.05, 3.63) is 113 Å². The number of hydrogen-bond donors (Lipinski definition) is 1. The van der Waals surface area contributed by atoms with E-state index in [9.17, 15) is 13.2 Å². The van der Waals surface area contributed by atoms with E-state index in [-0.39, 0.29) is 10.8 Å². The molecule has 4 aromatic rings. The maximum absolute atomic E-state index is 13.3. The van der Waals surface area contributed by atoms with Gasteiger partial charge in [0.15, 0.2) is 0 Å². The summed E-state index contributed by atoms with van der Waals surface area (Å²) in [7, 11) is -0.536. The predicted molar refractivity (Wildman–Crippen MR) is 151 cm³/mol. The highest BCUT2D eigenvalue weighted by atomic mass is 32.2. The van der Waals surface area contributed by atoms with Crippen molar-refractivity contribution in [3.63, 3.8) is 0 Å². The van der Waals surface area contributed by atoms with E-state index in [0.717, 1.165) is 16.7 Å². The van der Waals surface area contributed by atoms with E-state index < -0.39 is 10.0 Å². The first-order chi connectivity index (χ1) is 19.2. The third-order valence-electron chi connectivity index (χ3n) is 6.58. The zero-order chi connectivity index (χ0) is 28.3. The molecule has 2 heterocycles. The van der Waals surface area contributed by atoms with Crippen molar-refractivity contribution in [2.24, 2.45) is 0 Å². The molecule has 0 atom stereocenters. The summed E-state index contributed by atoms with van der Waals surface area (Å²) in [4.78, 5) is 19.9. The summed E-state index contributed by atoms with van der Waals surface area (Å²) in [6, 6.07) is 24.9. The molecular weight excluding hydrogens is 526 g/mol. The highest BCUT2D eigenvalue weighted by Crippen LogP contribution is 2.31. The van der Waals surface area contributed by atoms with Crippen LogP contribution in [0.15, 0.2) is 90.0 Å². The fourth-order valence-electron chi connectivity index (χ4n) is 4.45. The molecule has 0 fully saturated rings. The largest absolute Gasteiger partial charge is 0.489 e. The molecule has 1 N–H and O–H groups in total. The number of ether oxygens (including phenoxy) is 1. The van der Waals surface area contributed by atoms with E-state index in [4.69, 9.17) is 10.00 Å². The molecular formula is C30H27N5O4S. The maximum Gasteiger partial charge on any atom is 0.259 e. The highest BCUT2D eigenvalue weighted by Gasteiger charge is 2.27. The van der Waals surface area contributed by atoms with Crippen LogP contribution in [-0.4, -0.2) is 37.7 Å². The third-order valence-corrected chi connectivity index (χ3v) is 8.39. The lowest BCUT2D eigenvalue weighted by Crippen LogP contribution is -2.22. The Morgan fingerprint density at radius 2 is 1.80 bits per heavy atom. The van der Waals surface area contributed by atoms with Crippen molar-refractivity contribution in [3.8, 4) is 11.8 Å². The molecule has 0 saturated heterocycles. The van der Waals surface area contributed by atoms with Gasteiger partial charge in [-0.1, -0.05) is 18.2 Å². The number of anilines is 2. The first-order valence-corrected chi connectivity index (χ1v) is 14.0. The molecule has 0 aliphatic carbocycles. The molecule has 10 heteroatoms. The summed E-state index contributed by atoms with van der Waals surface area (Å²) in [5.74, 6) is 0.845. The van der Waals surface area contributed by atoms with Gasteiger partial charge in [-0.05, 0) is 77.4 Å². The zero-order valence-corrected chi connectivity index (χ0v) is 22.9. The van der Waals surface area contributed by atoms with Crippen LogP contribution in [0, 0.1) is 11.3 Å². The maximum atomic E-state index is 13.3. The minimum atomic E-state index is -3.55. The average Bonchev–Trinajstić information content (AvgIpc) is 3.40. The van der Waals surface area contributed by atoms with Gasteiger partial charge >= 0.3 is 0 Å². The molecule has 3 aromatic carbocycles. The lowest BCUT2D eigenvalue weighted by molar-refractivity contribution is 0.102. The number of carbonyl (C=O) groups excluding carboxylic acids is 1. The average molecular weight is 554 g/mol. The molecule has 0 bridgehead atoms. The summed E-state index contributed by atoms with van der Waals surface area (Å²) in [5, 5.41) is 12.0. The summed E-state index contributed by atoms with van der Waals surface area (Å²) in [6.07, 6.45) is 1.63. The number of carbonyl (C=O) groups is 1. The van der Waals surface area contributed by atoms with Gasteiger partial charge < -0.3 is 15.0 Å². The monoisotopic (exact) mass is 553 g/mol. The number of nitrogens with one attached hydrogen (secondary N) is 1. The van der Waals surface area contributed by atoms with Crippen LogP contribution in [0.5, 0.6) is 5.75 Å². The summed E-state index contributed by atoms with van der Waals surface area (Å²) >= 11 is 0. The van der Waals surface area contributed by atoms with E-state index in [1.165, 1.54) is 18.4 Å². The van der Waals surface area contributed by atoms with Crippen LogP contribution in [0.2, 0.25) is 0 Å². The van der Waals surface area contributed by atoms with Gasteiger partial charge in [-0.3, -0.25) is 4.79 Å². The van der Waals surface area contributed by atoms with Gasteiger partial charge in [0.1, 0.15) is 18.2 Å². The van der Waals surface area contributed by atoms with Crippen LogP contribution in [0.1, 0.15) is 32.6 Å². The molecule has 0 spiro atoms. The van der Waals surface area contributed by atoms with E-state index in [1.807, 2.05) is 23.1 Å². The number of fused-ring (bicyclic) bond motifs is 1. The number of amides is 1. The Bertz CT molecular complexity index is 1710. The molecule has 0 radical (unpaired) electrons. The van der Waals surface area contributed by atoms with E-state index >= 15 is 0 Å². The van der Waals surface area contributed by atoms with Gasteiger partial charge in [-0.2, -0.15) is 5.26 Å². The second-order valence-corrected chi connectivity index (χ2v) is 11.7. The Balaban J connectivity index is 1.26. The summed E-state index contributed by atoms with van der Waals surface area (Å²) in [5.41, 5.74) is 4.35. The minimum absolute atomic E-state index is 0.236. The highest BCUT2D eigenvalue weighted by molar-refractivity contribution is 7.89. The number of hydrogen-bond acceptors (Lipinski definition) is 7. The van der Waals surface area contributed by atoms with Crippen molar-refractivity contribution >= 4 is 27.4 Å². The van der Waals surface area contributed by atoms with Crippen LogP contribution in [0.25, 0.3) is 0 Å². The first-order valence-electron chi connectivity index (χ1n) is 12.5. The van der Waals surface area contributed by atoms with Gasteiger partial charge in [0.2, 0.25) is 10.0 Å². The number of aromatic nitrogens is 1. The topological polar surface area (TPSA) is 116 Å². The van der Waals surface area contributed by atoms with Crippen molar-refractivity contribution in [2.75, 3.05) is 24.3 Å². The van der Waals surface area contributed by atoms with Gasteiger partial charge in [0.05, 0.1) is 22.1 Å². The molecule has 5 rings (SSSR count). The van der Waals surface area contributed by atoms with Crippen LogP contribution in [-0.2, 0) is 29.7 Å². The molecule has 1 aliphatic heterocycles. The number of nitrogens with zero attached hydrogens (tertiary/aromatic N) is 4. The van der Waals surface area contributed by atoms with Gasteiger partial charge in [0, 0.05) is 39.1 Å². The van der Waals surface area contributed by atoms with E-state index in [2.05, 4.69) is 16.4 Å². The zero-order valence-electron chi connectivity index (χ0n) is 22.0. The minimum Gasteiger partial charge on any atom is -0.489 e. The first kappa shape index (κ1) is 26.9. The second kappa shape index (κ2) is 11.2. The lowest BCUT2D eigenvalue weighted by Gasteiger charge is -2.19. The van der Waals surface area contributed by atoms with Crippen molar-refractivity contribution in [2.45, 2.75) is 24.6 Å². The molecule has 40 heavy (non-hydrogen) atoms. The predicted octanol–water partition coefficient (Wildman–Crippen LogP) is 4.56. The van der Waals surface area contributed by atoms with Gasteiger partial charge in [-0.25, -0.2) is 17.7 Å². The van der Waals surface area contributed by atoms with E-state index in [1.54, 1.807) is 66.9 Å². The van der Waals surface area contributed by atoms with E-state index in [0.29, 0.717) is 48.1 Å². The Hall–Kier alpha value is -4.72. The van der Waals surface area contributed by atoms with Crippen LogP contribution < -0.4 is 15.0 Å². The van der Waals surface area contributed by atoms with Gasteiger partial charge in [0.25, 0.3) is 5.91 Å². The number of rotatable bonds is 8. The van der Waals surface area contributed by atoms with Gasteiger partial charge in [-0.15, -0.1) is 0 Å². The Kier molecular flexibility index (Phi) is 7.51. The molecule has 1 aromatic heterocycles. The number of pyridine rings is 1. The quantitative estimate of drug-likeness (QED) is 0.340. The van der Waals surface area contributed by atoms with Crippen molar-refractivity contribution in [1.29, 1.82) is 5.26 Å². The fourth-order valence-corrected chi connectivity index (χ4v) is 5.40. The Morgan fingerprint density at radius 3 is 2.55 bits per heavy atom. The molecule has 1 amide bonds. The number of benzene rings is 3. The number of sulfonamides is 1.